The first kappa shape index (κ1) is 13.8. The molecule has 0 aliphatic carbocycles. The number of aryl methyl sites for hydroxylation is 1. The van der Waals surface area contributed by atoms with Gasteiger partial charge in [-0.25, -0.2) is 0 Å². The fourth-order valence-electron chi connectivity index (χ4n) is 2.03. The fourth-order valence-corrected chi connectivity index (χ4v) is 3.79. The Bertz CT molecular complexity index is 489. The van der Waals surface area contributed by atoms with E-state index in [1.165, 1.54) is 20.5 Å². The molecule has 3 heteroatoms. The zero-order chi connectivity index (χ0) is 13.0. The van der Waals surface area contributed by atoms with E-state index in [1.807, 2.05) is 7.05 Å². The largest absolute Gasteiger partial charge is 0.312 e. The predicted octanol–water partition coefficient (Wildman–Crippen LogP) is 4.58. The summed E-state index contributed by atoms with van der Waals surface area (Å²) in [4.78, 5) is 1.37. The van der Waals surface area contributed by atoms with Crippen LogP contribution in [0.2, 0.25) is 0 Å². The van der Waals surface area contributed by atoms with Gasteiger partial charge >= 0.3 is 0 Å². The SMILES string of the molecule is CCc1ccc(CC(NC)c2sccc2Br)cc1. The van der Waals surface area contributed by atoms with Crippen LogP contribution in [0.4, 0.5) is 0 Å². The molecular formula is C15H18BrNS. The Morgan fingerprint density at radius 1 is 1.17 bits per heavy atom. The molecule has 1 atom stereocenters. The van der Waals surface area contributed by atoms with Crippen LogP contribution >= 0.6 is 27.3 Å². The summed E-state index contributed by atoms with van der Waals surface area (Å²) in [6.07, 6.45) is 2.13. The molecule has 18 heavy (non-hydrogen) atoms. The standard InChI is InChI=1S/C15H18BrNS/c1-3-11-4-6-12(7-5-11)10-14(17-2)15-13(16)8-9-18-15/h4-9,14,17H,3,10H2,1-2H3. The van der Waals surface area contributed by atoms with Crippen LogP contribution in [0.5, 0.6) is 0 Å². The van der Waals surface area contributed by atoms with Crippen LogP contribution in [0.1, 0.15) is 29.0 Å². The predicted molar refractivity (Wildman–Crippen MR) is 83.3 cm³/mol. The smallest absolute Gasteiger partial charge is 0.0464 e. The molecule has 0 amide bonds. The molecule has 0 aliphatic heterocycles. The maximum atomic E-state index is 3.61. The van der Waals surface area contributed by atoms with Crippen molar-refractivity contribution in [2.45, 2.75) is 25.8 Å². The summed E-state index contributed by atoms with van der Waals surface area (Å²) in [5.74, 6) is 0. The van der Waals surface area contributed by atoms with Crippen molar-refractivity contribution < 1.29 is 0 Å². The van der Waals surface area contributed by atoms with Gasteiger partial charge in [-0.3, -0.25) is 0 Å². The highest BCUT2D eigenvalue weighted by Crippen LogP contribution is 2.30. The third-order valence-electron chi connectivity index (χ3n) is 3.18. The van der Waals surface area contributed by atoms with Crippen LogP contribution in [-0.4, -0.2) is 7.05 Å². The van der Waals surface area contributed by atoms with Crippen LogP contribution in [0, 0.1) is 0 Å². The minimum absolute atomic E-state index is 0.381. The minimum atomic E-state index is 0.381. The molecule has 1 aromatic heterocycles. The van der Waals surface area contributed by atoms with Gasteiger partial charge in [0.2, 0.25) is 0 Å². The van der Waals surface area contributed by atoms with E-state index in [2.05, 4.69) is 63.9 Å². The minimum Gasteiger partial charge on any atom is -0.312 e. The van der Waals surface area contributed by atoms with E-state index >= 15 is 0 Å². The molecule has 0 aliphatic rings. The number of hydrogen-bond acceptors (Lipinski definition) is 2. The highest BCUT2D eigenvalue weighted by molar-refractivity contribution is 9.10. The Hall–Kier alpha value is -0.640. The number of thiophene rings is 1. The molecule has 2 aromatic rings. The topological polar surface area (TPSA) is 12.0 Å². The molecule has 0 spiro atoms. The quantitative estimate of drug-likeness (QED) is 0.849. The summed E-state index contributed by atoms with van der Waals surface area (Å²) in [6, 6.07) is 11.4. The molecule has 0 radical (unpaired) electrons. The molecule has 1 heterocycles. The summed E-state index contributed by atoms with van der Waals surface area (Å²) in [7, 11) is 2.03. The second-order valence-electron chi connectivity index (χ2n) is 4.35. The van der Waals surface area contributed by atoms with E-state index in [4.69, 9.17) is 0 Å². The van der Waals surface area contributed by atoms with Crippen molar-refractivity contribution in [3.05, 3.63) is 56.2 Å². The molecule has 96 valence electrons. The maximum absolute atomic E-state index is 3.61. The molecule has 1 N–H and O–H groups in total. The van der Waals surface area contributed by atoms with Gasteiger partial charge < -0.3 is 5.32 Å². The lowest BCUT2D eigenvalue weighted by molar-refractivity contribution is 0.600. The van der Waals surface area contributed by atoms with Crippen LogP contribution in [0.15, 0.2) is 40.2 Å². The summed E-state index contributed by atoms with van der Waals surface area (Å²) in [5, 5.41) is 5.53. The van der Waals surface area contributed by atoms with Crippen LogP contribution in [-0.2, 0) is 12.8 Å². The van der Waals surface area contributed by atoms with Crippen LogP contribution < -0.4 is 5.32 Å². The van der Waals surface area contributed by atoms with Crippen molar-refractivity contribution >= 4 is 27.3 Å². The summed E-state index contributed by atoms with van der Waals surface area (Å²) in [5.41, 5.74) is 2.78. The van der Waals surface area contributed by atoms with Gasteiger partial charge in [0.25, 0.3) is 0 Å². The van der Waals surface area contributed by atoms with E-state index in [1.54, 1.807) is 11.3 Å². The molecule has 0 saturated heterocycles. The number of rotatable bonds is 5. The first-order valence-electron chi connectivity index (χ1n) is 6.22. The molecule has 2 rings (SSSR count). The zero-order valence-electron chi connectivity index (χ0n) is 10.7. The van der Waals surface area contributed by atoms with Gasteiger partial charge in [-0.1, -0.05) is 31.2 Å². The lowest BCUT2D eigenvalue weighted by Gasteiger charge is -2.15. The van der Waals surface area contributed by atoms with Crippen molar-refractivity contribution in [3.63, 3.8) is 0 Å². The van der Waals surface area contributed by atoms with Gasteiger partial charge in [0.1, 0.15) is 0 Å². The van der Waals surface area contributed by atoms with E-state index < -0.39 is 0 Å². The van der Waals surface area contributed by atoms with Crippen molar-refractivity contribution in [2.24, 2.45) is 0 Å². The molecule has 1 nitrogen and oxygen atoms in total. The van der Waals surface area contributed by atoms with E-state index in [9.17, 15) is 0 Å². The normalized spacial score (nSPS) is 12.6. The van der Waals surface area contributed by atoms with Crippen LogP contribution in [0.25, 0.3) is 0 Å². The second kappa shape index (κ2) is 6.50. The van der Waals surface area contributed by atoms with Crippen molar-refractivity contribution in [1.82, 2.24) is 5.32 Å². The van der Waals surface area contributed by atoms with Gasteiger partial charge in [0, 0.05) is 15.4 Å². The van der Waals surface area contributed by atoms with Gasteiger partial charge in [0.05, 0.1) is 0 Å². The second-order valence-corrected chi connectivity index (χ2v) is 6.15. The Morgan fingerprint density at radius 3 is 2.33 bits per heavy atom. The Labute approximate surface area is 121 Å². The highest BCUT2D eigenvalue weighted by atomic mass is 79.9. The first-order valence-corrected chi connectivity index (χ1v) is 7.89. The Morgan fingerprint density at radius 2 is 1.83 bits per heavy atom. The third-order valence-corrected chi connectivity index (χ3v) is 5.17. The average Bonchev–Trinajstić information content (AvgIpc) is 2.83. The number of likely N-dealkylation sites (N-methyl/N-ethyl adjacent to an activating group) is 1. The van der Waals surface area contributed by atoms with Crippen molar-refractivity contribution in [3.8, 4) is 0 Å². The molecule has 1 aromatic carbocycles. The zero-order valence-corrected chi connectivity index (χ0v) is 13.1. The average molecular weight is 324 g/mol. The Balaban J connectivity index is 2.13. The van der Waals surface area contributed by atoms with Crippen molar-refractivity contribution in [1.29, 1.82) is 0 Å². The van der Waals surface area contributed by atoms with E-state index in [-0.39, 0.29) is 0 Å². The van der Waals surface area contributed by atoms with E-state index in [0.29, 0.717) is 6.04 Å². The molecule has 1 unspecified atom stereocenters. The monoisotopic (exact) mass is 323 g/mol. The Kier molecular flexibility index (Phi) is 4.98. The number of halogens is 1. The van der Waals surface area contributed by atoms with Gasteiger partial charge in [-0.15, -0.1) is 11.3 Å². The third kappa shape index (κ3) is 3.22. The maximum Gasteiger partial charge on any atom is 0.0464 e. The summed E-state index contributed by atoms with van der Waals surface area (Å²) < 4.78 is 1.21. The van der Waals surface area contributed by atoms with Gasteiger partial charge in [0.15, 0.2) is 0 Å². The molecule has 0 saturated carbocycles. The lowest BCUT2D eigenvalue weighted by atomic mass is 10.0. The number of nitrogens with one attached hydrogen (secondary N) is 1. The molecule has 0 bridgehead atoms. The highest BCUT2D eigenvalue weighted by Gasteiger charge is 2.14. The summed E-state index contributed by atoms with van der Waals surface area (Å²) >= 11 is 5.41. The van der Waals surface area contributed by atoms with Crippen LogP contribution in [0.3, 0.4) is 0 Å². The number of hydrogen-bond donors (Lipinski definition) is 1. The van der Waals surface area contributed by atoms with Gasteiger partial charge in [-0.05, 0) is 58.4 Å². The number of benzene rings is 1. The molecule has 0 fully saturated rings. The van der Waals surface area contributed by atoms with E-state index in [0.717, 1.165) is 12.8 Å². The fraction of sp³-hybridized carbons (Fsp3) is 0.333. The molecular weight excluding hydrogens is 306 g/mol. The lowest BCUT2D eigenvalue weighted by Crippen LogP contribution is -2.18. The van der Waals surface area contributed by atoms with Gasteiger partial charge in [-0.2, -0.15) is 0 Å². The summed E-state index contributed by atoms with van der Waals surface area (Å²) in [6.45, 7) is 2.19. The first-order chi connectivity index (χ1) is 8.74. The van der Waals surface area contributed by atoms with Crippen molar-refractivity contribution in [2.75, 3.05) is 7.05 Å².